The maximum atomic E-state index is 12.2. The van der Waals surface area contributed by atoms with Gasteiger partial charge in [0.1, 0.15) is 6.17 Å². The second kappa shape index (κ2) is 6.03. The van der Waals surface area contributed by atoms with Gasteiger partial charge in [-0.1, -0.05) is 13.8 Å². The molecule has 0 bridgehead atoms. The number of fused-ring (bicyclic) bond motifs is 1. The number of methoxy groups -OCH3 is 1. The van der Waals surface area contributed by atoms with Crippen molar-refractivity contribution in [2.45, 2.75) is 33.4 Å². The molecule has 1 aliphatic heterocycles. The molecule has 0 aliphatic carbocycles. The van der Waals surface area contributed by atoms with Gasteiger partial charge in [-0.25, -0.2) is 0 Å². The minimum atomic E-state index is -0.463. The predicted molar refractivity (Wildman–Crippen MR) is 78.6 cm³/mol. The van der Waals surface area contributed by atoms with E-state index in [1.54, 1.807) is 6.07 Å². The molecule has 0 spiro atoms. The fourth-order valence-corrected chi connectivity index (χ4v) is 2.20. The Balaban J connectivity index is 2.39. The summed E-state index contributed by atoms with van der Waals surface area (Å²) in [6, 6.07) is 3.20. The highest BCUT2D eigenvalue weighted by Crippen LogP contribution is 2.36. The van der Waals surface area contributed by atoms with Crippen LogP contribution < -0.4 is 20.1 Å². The third-order valence-corrected chi connectivity index (χ3v) is 3.61. The Morgan fingerprint density at radius 2 is 2.05 bits per heavy atom. The molecule has 0 fully saturated rings. The van der Waals surface area contributed by atoms with E-state index in [9.17, 15) is 9.59 Å². The predicted octanol–water partition coefficient (Wildman–Crippen LogP) is 2.15. The monoisotopic (exact) mass is 292 g/mol. The molecule has 0 saturated heterocycles. The van der Waals surface area contributed by atoms with Crippen molar-refractivity contribution in [3.63, 3.8) is 0 Å². The highest BCUT2D eigenvalue weighted by Gasteiger charge is 2.28. The van der Waals surface area contributed by atoms with Gasteiger partial charge < -0.3 is 20.1 Å². The van der Waals surface area contributed by atoms with E-state index in [0.717, 1.165) is 6.42 Å². The first-order valence-corrected chi connectivity index (χ1v) is 6.94. The summed E-state index contributed by atoms with van der Waals surface area (Å²) in [6.07, 6.45) is 0.815. The summed E-state index contributed by atoms with van der Waals surface area (Å²) in [4.78, 5) is 23.3. The molecule has 1 aliphatic rings. The molecule has 1 aromatic rings. The SMILES string of the molecule is CCC(C)C1NC(=O)c2cc(OC(C)=O)c(OC)cc2N1. The van der Waals surface area contributed by atoms with E-state index < -0.39 is 5.97 Å². The van der Waals surface area contributed by atoms with Crippen LogP contribution in [0.25, 0.3) is 0 Å². The fraction of sp³-hybridized carbons (Fsp3) is 0.467. The first-order chi connectivity index (χ1) is 9.96. The van der Waals surface area contributed by atoms with E-state index in [1.807, 2.05) is 0 Å². The molecular weight excluding hydrogens is 272 g/mol. The van der Waals surface area contributed by atoms with Crippen LogP contribution in [0.5, 0.6) is 11.5 Å². The molecule has 2 N–H and O–H groups in total. The molecule has 0 radical (unpaired) electrons. The smallest absolute Gasteiger partial charge is 0.308 e. The zero-order valence-electron chi connectivity index (χ0n) is 12.6. The Kier molecular flexibility index (Phi) is 4.35. The number of rotatable bonds is 4. The molecule has 1 amide bonds. The summed E-state index contributed by atoms with van der Waals surface area (Å²) < 4.78 is 10.3. The topological polar surface area (TPSA) is 76.7 Å². The molecular formula is C15H20N2O4. The van der Waals surface area contributed by atoms with Gasteiger partial charge in [-0.05, 0) is 18.4 Å². The van der Waals surface area contributed by atoms with E-state index in [1.165, 1.54) is 20.1 Å². The Morgan fingerprint density at radius 1 is 1.33 bits per heavy atom. The number of hydrogen-bond acceptors (Lipinski definition) is 5. The quantitative estimate of drug-likeness (QED) is 0.657. The van der Waals surface area contributed by atoms with Gasteiger partial charge in [-0.3, -0.25) is 9.59 Å². The van der Waals surface area contributed by atoms with Gasteiger partial charge in [0.2, 0.25) is 0 Å². The van der Waals surface area contributed by atoms with E-state index in [2.05, 4.69) is 24.5 Å². The number of esters is 1. The van der Waals surface area contributed by atoms with Crippen molar-refractivity contribution in [2.75, 3.05) is 12.4 Å². The second-order valence-corrected chi connectivity index (χ2v) is 5.12. The number of amides is 1. The zero-order valence-corrected chi connectivity index (χ0v) is 12.6. The molecule has 6 nitrogen and oxygen atoms in total. The van der Waals surface area contributed by atoms with E-state index in [-0.39, 0.29) is 17.8 Å². The van der Waals surface area contributed by atoms with Gasteiger partial charge >= 0.3 is 5.97 Å². The van der Waals surface area contributed by atoms with Gasteiger partial charge in [0.25, 0.3) is 5.91 Å². The molecule has 2 unspecified atom stereocenters. The van der Waals surface area contributed by atoms with Gasteiger partial charge in [-0.2, -0.15) is 0 Å². The first-order valence-electron chi connectivity index (χ1n) is 6.94. The van der Waals surface area contributed by atoms with Crippen molar-refractivity contribution in [1.82, 2.24) is 5.32 Å². The number of anilines is 1. The average Bonchev–Trinajstić information content (AvgIpc) is 2.45. The summed E-state index contributed by atoms with van der Waals surface area (Å²) in [5, 5.41) is 6.19. The van der Waals surface area contributed by atoms with Crippen molar-refractivity contribution < 1.29 is 19.1 Å². The Hall–Kier alpha value is -2.24. The maximum Gasteiger partial charge on any atom is 0.308 e. The number of benzene rings is 1. The van der Waals surface area contributed by atoms with Crippen molar-refractivity contribution in [3.8, 4) is 11.5 Å². The lowest BCUT2D eigenvalue weighted by Crippen LogP contribution is -2.48. The molecule has 2 atom stereocenters. The van der Waals surface area contributed by atoms with Gasteiger partial charge in [0.15, 0.2) is 11.5 Å². The number of carbonyl (C=O) groups is 2. The fourth-order valence-electron chi connectivity index (χ4n) is 2.20. The van der Waals surface area contributed by atoms with Crippen molar-refractivity contribution in [2.24, 2.45) is 5.92 Å². The third kappa shape index (κ3) is 3.09. The zero-order chi connectivity index (χ0) is 15.6. The van der Waals surface area contributed by atoms with Crippen LogP contribution in [-0.2, 0) is 4.79 Å². The molecule has 2 rings (SSSR count). The van der Waals surface area contributed by atoms with Crippen LogP contribution in [0.4, 0.5) is 5.69 Å². The maximum absolute atomic E-state index is 12.2. The molecule has 0 saturated carbocycles. The number of ether oxygens (including phenoxy) is 2. The van der Waals surface area contributed by atoms with Crippen LogP contribution >= 0.6 is 0 Å². The Labute approximate surface area is 123 Å². The molecule has 6 heteroatoms. The summed E-state index contributed by atoms with van der Waals surface area (Å²) in [5.41, 5.74) is 1.11. The van der Waals surface area contributed by atoms with E-state index >= 15 is 0 Å². The summed E-state index contributed by atoms with van der Waals surface area (Å²) >= 11 is 0. The van der Waals surface area contributed by atoms with Crippen LogP contribution in [0.2, 0.25) is 0 Å². The first kappa shape index (κ1) is 15.2. The molecule has 1 aromatic carbocycles. The van der Waals surface area contributed by atoms with E-state index in [0.29, 0.717) is 22.9 Å². The lowest BCUT2D eigenvalue weighted by atomic mass is 10.0. The van der Waals surface area contributed by atoms with Crippen molar-refractivity contribution >= 4 is 17.6 Å². The Bertz CT molecular complexity index is 571. The largest absolute Gasteiger partial charge is 0.493 e. The highest BCUT2D eigenvalue weighted by atomic mass is 16.6. The highest BCUT2D eigenvalue weighted by molar-refractivity contribution is 6.02. The molecule has 0 aromatic heterocycles. The van der Waals surface area contributed by atoms with E-state index in [4.69, 9.17) is 9.47 Å². The summed E-state index contributed by atoms with van der Waals surface area (Å²) in [5.74, 6) is 0.290. The minimum Gasteiger partial charge on any atom is -0.493 e. The van der Waals surface area contributed by atoms with Crippen LogP contribution in [0.1, 0.15) is 37.6 Å². The molecule has 1 heterocycles. The second-order valence-electron chi connectivity index (χ2n) is 5.12. The number of carbonyl (C=O) groups excluding carboxylic acids is 2. The summed E-state index contributed by atoms with van der Waals surface area (Å²) in [7, 11) is 1.49. The molecule has 21 heavy (non-hydrogen) atoms. The number of hydrogen-bond donors (Lipinski definition) is 2. The normalized spacial score (nSPS) is 18.1. The standard InChI is InChI=1S/C15H20N2O4/c1-5-8(2)14-16-11-7-12(20-4)13(21-9(3)18)6-10(11)15(19)17-14/h6-8,14,16H,5H2,1-4H3,(H,17,19). The Morgan fingerprint density at radius 3 is 2.62 bits per heavy atom. The van der Waals surface area contributed by atoms with Gasteiger partial charge in [-0.15, -0.1) is 0 Å². The van der Waals surface area contributed by atoms with Gasteiger partial charge in [0.05, 0.1) is 18.4 Å². The summed E-state index contributed by atoms with van der Waals surface area (Å²) in [6.45, 7) is 5.43. The van der Waals surface area contributed by atoms with Gasteiger partial charge in [0, 0.05) is 13.0 Å². The van der Waals surface area contributed by atoms with Crippen LogP contribution in [0.15, 0.2) is 12.1 Å². The molecule has 114 valence electrons. The number of nitrogens with one attached hydrogen (secondary N) is 2. The third-order valence-electron chi connectivity index (χ3n) is 3.61. The average molecular weight is 292 g/mol. The van der Waals surface area contributed by atoms with Crippen LogP contribution in [0.3, 0.4) is 0 Å². The van der Waals surface area contributed by atoms with Crippen molar-refractivity contribution in [3.05, 3.63) is 17.7 Å². The van der Waals surface area contributed by atoms with Crippen molar-refractivity contribution in [1.29, 1.82) is 0 Å². The lowest BCUT2D eigenvalue weighted by Gasteiger charge is -2.32. The lowest BCUT2D eigenvalue weighted by molar-refractivity contribution is -0.132. The van der Waals surface area contributed by atoms with Crippen LogP contribution in [-0.4, -0.2) is 25.2 Å². The minimum absolute atomic E-state index is 0.126. The van der Waals surface area contributed by atoms with Crippen LogP contribution in [0, 0.1) is 5.92 Å².